The second-order valence-corrected chi connectivity index (χ2v) is 4.22. The molecule has 3 aromatic rings. The molecule has 106 valence electrons. The standard InChI is InChI=1S/C11H9N7O3/c12-8-7-9(16-15-8)14-11(13)17(10(7)19)5-1-3-6(4-2-5)18(20)21/h1-4H,(H5,12,13,14,15,16). The van der Waals surface area contributed by atoms with Gasteiger partial charge in [-0.2, -0.15) is 10.1 Å². The highest BCUT2D eigenvalue weighted by atomic mass is 16.6. The van der Waals surface area contributed by atoms with Crippen LogP contribution in [0.3, 0.4) is 0 Å². The van der Waals surface area contributed by atoms with E-state index in [1.807, 2.05) is 0 Å². The van der Waals surface area contributed by atoms with Gasteiger partial charge in [0.25, 0.3) is 11.2 Å². The van der Waals surface area contributed by atoms with Gasteiger partial charge < -0.3 is 11.5 Å². The summed E-state index contributed by atoms with van der Waals surface area (Å²) < 4.78 is 1.11. The highest BCUT2D eigenvalue weighted by Gasteiger charge is 2.16. The Bertz CT molecular complexity index is 910. The van der Waals surface area contributed by atoms with E-state index in [4.69, 9.17) is 11.5 Å². The number of nitrogens with one attached hydrogen (secondary N) is 1. The number of non-ortho nitro benzene ring substituents is 1. The zero-order valence-electron chi connectivity index (χ0n) is 10.5. The van der Waals surface area contributed by atoms with Gasteiger partial charge in [-0.3, -0.25) is 20.0 Å². The third kappa shape index (κ3) is 1.85. The number of aromatic amines is 1. The summed E-state index contributed by atoms with van der Waals surface area (Å²) in [5.74, 6) is -0.00832. The molecular formula is C11H9N7O3. The molecule has 0 bridgehead atoms. The average Bonchev–Trinajstić information content (AvgIpc) is 2.80. The molecule has 0 aliphatic carbocycles. The number of fused-ring (bicyclic) bond motifs is 1. The molecule has 0 radical (unpaired) electrons. The zero-order chi connectivity index (χ0) is 15.1. The molecule has 1 aromatic carbocycles. The Morgan fingerprint density at radius 1 is 1.24 bits per heavy atom. The molecule has 0 saturated carbocycles. The Labute approximate surface area is 116 Å². The number of aromatic nitrogens is 4. The first-order valence-electron chi connectivity index (χ1n) is 5.76. The first kappa shape index (κ1) is 12.6. The van der Waals surface area contributed by atoms with Crippen LogP contribution in [0.15, 0.2) is 29.1 Å². The second-order valence-electron chi connectivity index (χ2n) is 4.22. The van der Waals surface area contributed by atoms with E-state index in [0.29, 0.717) is 5.69 Å². The average molecular weight is 287 g/mol. The summed E-state index contributed by atoms with van der Waals surface area (Å²) in [5.41, 5.74) is 11.3. The Morgan fingerprint density at radius 3 is 2.52 bits per heavy atom. The summed E-state index contributed by atoms with van der Waals surface area (Å²) in [6, 6.07) is 5.34. The monoisotopic (exact) mass is 287 g/mol. The van der Waals surface area contributed by atoms with Crippen LogP contribution in [0.5, 0.6) is 0 Å². The number of H-pyrrole nitrogens is 1. The molecule has 5 N–H and O–H groups in total. The molecule has 0 saturated heterocycles. The quantitative estimate of drug-likeness (QED) is 0.447. The molecule has 21 heavy (non-hydrogen) atoms. The number of nitrogens with zero attached hydrogens (tertiary/aromatic N) is 4. The van der Waals surface area contributed by atoms with Gasteiger partial charge in [0.05, 0.1) is 10.6 Å². The number of benzene rings is 1. The van der Waals surface area contributed by atoms with Gasteiger partial charge in [0.2, 0.25) is 5.95 Å². The lowest BCUT2D eigenvalue weighted by Gasteiger charge is -2.08. The lowest BCUT2D eigenvalue weighted by molar-refractivity contribution is -0.384. The van der Waals surface area contributed by atoms with Crippen molar-refractivity contribution in [3.05, 3.63) is 44.7 Å². The third-order valence-corrected chi connectivity index (χ3v) is 2.96. The number of nitrogen functional groups attached to an aromatic ring is 2. The maximum atomic E-state index is 12.4. The van der Waals surface area contributed by atoms with Crippen molar-refractivity contribution in [3.63, 3.8) is 0 Å². The van der Waals surface area contributed by atoms with Gasteiger partial charge in [0.15, 0.2) is 5.65 Å². The molecule has 0 atom stereocenters. The fraction of sp³-hybridized carbons (Fsp3) is 0. The van der Waals surface area contributed by atoms with Crippen LogP contribution in [0.1, 0.15) is 0 Å². The van der Waals surface area contributed by atoms with E-state index in [0.717, 1.165) is 4.57 Å². The summed E-state index contributed by atoms with van der Waals surface area (Å²) in [6.07, 6.45) is 0. The van der Waals surface area contributed by atoms with E-state index in [9.17, 15) is 14.9 Å². The fourth-order valence-corrected chi connectivity index (χ4v) is 1.98. The molecular weight excluding hydrogens is 278 g/mol. The van der Waals surface area contributed by atoms with Crippen molar-refractivity contribution < 1.29 is 4.92 Å². The van der Waals surface area contributed by atoms with Crippen LogP contribution in [0, 0.1) is 10.1 Å². The molecule has 2 aromatic heterocycles. The second kappa shape index (κ2) is 4.30. The molecule has 10 nitrogen and oxygen atoms in total. The molecule has 10 heteroatoms. The largest absolute Gasteiger partial charge is 0.383 e. The van der Waals surface area contributed by atoms with Gasteiger partial charge in [-0.15, -0.1) is 0 Å². The van der Waals surface area contributed by atoms with E-state index in [2.05, 4.69) is 15.2 Å². The van der Waals surface area contributed by atoms with Crippen LogP contribution in [0.4, 0.5) is 17.5 Å². The summed E-state index contributed by atoms with van der Waals surface area (Å²) in [5, 5.41) is 17.0. The van der Waals surface area contributed by atoms with E-state index >= 15 is 0 Å². The maximum Gasteiger partial charge on any atom is 0.272 e. The lowest BCUT2D eigenvalue weighted by Crippen LogP contribution is -2.23. The molecule has 0 aliphatic rings. The molecule has 2 heterocycles. The molecule has 0 amide bonds. The van der Waals surface area contributed by atoms with Crippen molar-refractivity contribution >= 4 is 28.5 Å². The van der Waals surface area contributed by atoms with Gasteiger partial charge in [-0.25, -0.2) is 4.57 Å². The van der Waals surface area contributed by atoms with Crippen LogP contribution in [-0.4, -0.2) is 24.7 Å². The summed E-state index contributed by atoms with van der Waals surface area (Å²) in [4.78, 5) is 26.5. The minimum absolute atomic E-state index is 0.0816. The van der Waals surface area contributed by atoms with E-state index in [1.54, 1.807) is 0 Å². The molecule has 0 spiro atoms. The van der Waals surface area contributed by atoms with Crippen molar-refractivity contribution in [1.29, 1.82) is 0 Å². The Balaban J connectivity index is 2.26. The first-order valence-corrected chi connectivity index (χ1v) is 5.76. The van der Waals surface area contributed by atoms with Gasteiger partial charge in [0.1, 0.15) is 11.2 Å². The van der Waals surface area contributed by atoms with Gasteiger partial charge in [-0.1, -0.05) is 0 Å². The molecule has 3 rings (SSSR count). The topological polar surface area (TPSA) is 159 Å². The van der Waals surface area contributed by atoms with Crippen LogP contribution < -0.4 is 17.0 Å². The summed E-state index contributed by atoms with van der Waals surface area (Å²) in [6.45, 7) is 0. The van der Waals surface area contributed by atoms with Crippen LogP contribution in [-0.2, 0) is 0 Å². The van der Waals surface area contributed by atoms with E-state index < -0.39 is 10.5 Å². The molecule has 0 fully saturated rings. The highest BCUT2D eigenvalue weighted by Crippen LogP contribution is 2.18. The molecule has 0 aliphatic heterocycles. The number of anilines is 2. The van der Waals surface area contributed by atoms with Gasteiger partial charge in [-0.05, 0) is 12.1 Å². The summed E-state index contributed by atoms with van der Waals surface area (Å²) in [7, 11) is 0. The van der Waals surface area contributed by atoms with E-state index in [-0.39, 0.29) is 28.5 Å². The SMILES string of the molecule is Nc1[nH]nc2nc(N)n(-c3ccc([N+](=O)[O-])cc3)c(=O)c12. The highest BCUT2D eigenvalue weighted by molar-refractivity contribution is 5.85. The van der Waals surface area contributed by atoms with Crippen molar-refractivity contribution in [3.8, 4) is 5.69 Å². The number of rotatable bonds is 2. The maximum absolute atomic E-state index is 12.4. The number of hydrogen-bond acceptors (Lipinski definition) is 7. The normalized spacial score (nSPS) is 10.9. The van der Waals surface area contributed by atoms with Gasteiger partial charge >= 0.3 is 0 Å². The first-order chi connectivity index (χ1) is 9.99. The fourth-order valence-electron chi connectivity index (χ4n) is 1.98. The van der Waals surface area contributed by atoms with Crippen molar-refractivity contribution in [2.75, 3.05) is 11.5 Å². The Morgan fingerprint density at radius 2 is 1.90 bits per heavy atom. The number of hydrogen-bond donors (Lipinski definition) is 3. The Hall–Kier alpha value is -3.43. The predicted molar refractivity (Wildman–Crippen MR) is 75.0 cm³/mol. The third-order valence-electron chi connectivity index (χ3n) is 2.96. The minimum atomic E-state index is -0.536. The summed E-state index contributed by atoms with van der Waals surface area (Å²) >= 11 is 0. The number of nitro benzene ring substituents is 1. The lowest BCUT2D eigenvalue weighted by atomic mass is 10.2. The van der Waals surface area contributed by atoms with Crippen LogP contribution in [0.25, 0.3) is 16.7 Å². The molecule has 0 unspecified atom stereocenters. The minimum Gasteiger partial charge on any atom is -0.383 e. The predicted octanol–water partition coefficient (Wildman–Crippen LogP) is 0.181. The van der Waals surface area contributed by atoms with Crippen molar-refractivity contribution in [1.82, 2.24) is 19.7 Å². The van der Waals surface area contributed by atoms with Gasteiger partial charge in [0, 0.05) is 12.1 Å². The van der Waals surface area contributed by atoms with Crippen LogP contribution in [0.2, 0.25) is 0 Å². The number of nitro groups is 1. The van der Waals surface area contributed by atoms with Crippen molar-refractivity contribution in [2.24, 2.45) is 0 Å². The van der Waals surface area contributed by atoms with Crippen molar-refractivity contribution in [2.45, 2.75) is 0 Å². The van der Waals surface area contributed by atoms with Crippen LogP contribution >= 0.6 is 0 Å². The van der Waals surface area contributed by atoms with E-state index in [1.165, 1.54) is 24.3 Å². The zero-order valence-corrected chi connectivity index (χ0v) is 10.5. The Kier molecular flexibility index (Phi) is 2.58. The smallest absolute Gasteiger partial charge is 0.272 e. The number of nitrogens with two attached hydrogens (primary N) is 2.